The molecular weight excluding hydrogens is 308 g/mol. The van der Waals surface area contributed by atoms with Gasteiger partial charge in [0.25, 0.3) is 0 Å². The van der Waals surface area contributed by atoms with Crippen LogP contribution < -0.4 is 15.7 Å². The van der Waals surface area contributed by atoms with E-state index >= 15 is 0 Å². The minimum atomic E-state index is -0.286. The number of nitrogens with one attached hydrogen (secondary N) is 3. The van der Waals surface area contributed by atoms with Crippen LogP contribution in [0.15, 0.2) is 29.1 Å². The molecular formula is C17H20N4O3. The quantitative estimate of drug-likeness (QED) is 0.739. The summed E-state index contributed by atoms with van der Waals surface area (Å²) in [6, 6.07) is 3.30. The van der Waals surface area contributed by atoms with Crippen LogP contribution in [0.1, 0.15) is 12.8 Å². The second-order valence-corrected chi connectivity index (χ2v) is 6.48. The van der Waals surface area contributed by atoms with E-state index in [1.54, 1.807) is 12.1 Å². The summed E-state index contributed by atoms with van der Waals surface area (Å²) in [4.78, 5) is 31.3. The van der Waals surface area contributed by atoms with Gasteiger partial charge in [-0.05, 0) is 30.7 Å². The average Bonchev–Trinajstić information content (AvgIpc) is 3.15. The SMILES string of the molecule is COc1cc2[nH]c(=O)[nH]c2cc1NC(=O)N1C[C@H]2CC=CC[C@H]2C1. The molecule has 4 rings (SSSR count). The number of H-pyrrole nitrogens is 2. The molecule has 24 heavy (non-hydrogen) atoms. The molecule has 2 atom stereocenters. The predicted molar refractivity (Wildman–Crippen MR) is 91.4 cm³/mol. The first-order chi connectivity index (χ1) is 11.6. The number of rotatable bonds is 2. The van der Waals surface area contributed by atoms with Gasteiger partial charge in [-0.3, -0.25) is 0 Å². The Morgan fingerprint density at radius 3 is 2.42 bits per heavy atom. The molecule has 126 valence electrons. The van der Waals surface area contributed by atoms with Crippen LogP contribution in [0.4, 0.5) is 10.5 Å². The van der Waals surface area contributed by atoms with Gasteiger partial charge in [-0.2, -0.15) is 0 Å². The van der Waals surface area contributed by atoms with Gasteiger partial charge in [0.1, 0.15) is 5.75 Å². The number of hydrogen-bond donors (Lipinski definition) is 3. The minimum Gasteiger partial charge on any atom is -0.494 e. The lowest BCUT2D eigenvalue weighted by atomic mass is 9.86. The van der Waals surface area contributed by atoms with Crippen molar-refractivity contribution >= 4 is 22.8 Å². The van der Waals surface area contributed by atoms with Crippen molar-refractivity contribution in [2.24, 2.45) is 11.8 Å². The maximum absolute atomic E-state index is 12.6. The first kappa shape index (κ1) is 14.9. The summed E-state index contributed by atoms with van der Waals surface area (Å²) in [5.41, 5.74) is 1.55. The number of aromatic nitrogens is 2. The molecule has 0 unspecified atom stereocenters. The number of methoxy groups -OCH3 is 1. The Labute approximate surface area is 138 Å². The minimum absolute atomic E-state index is 0.125. The van der Waals surface area contributed by atoms with Crippen molar-refractivity contribution in [3.05, 3.63) is 34.8 Å². The summed E-state index contributed by atoms with van der Waals surface area (Å²) in [5.74, 6) is 1.64. The van der Waals surface area contributed by atoms with E-state index in [1.165, 1.54) is 7.11 Å². The molecule has 2 amide bonds. The number of allylic oxidation sites excluding steroid dienone is 2. The summed E-state index contributed by atoms with van der Waals surface area (Å²) < 4.78 is 5.34. The number of carbonyl (C=O) groups excluding carboxylic acids is 1. The van der Waals surface area contributed by atoms with E-state index in [9.17, 15) is 9.59 Å². The van der Waals surface area contributed by atoms with Gasteiger partial charge < -0.3 is 24.9 Å². The lowest BCUT2D eigenvalue weighted by molar-refractivity contribution is 0.220. The number of benzene rings is 1. The Balaban J connectivity index is 1.55. The maximum atomic E-state index is 12.6. The molecule has 2 aromatic rings. The molecule has 2 heterocycles. The van der Waals surface area contributed by atoms with Crippen molar-refractivity contribution in [1.82, 2.24) is 14.9 Å². The third-order valence-corrected chi connectivity index (χ3v) is 4.99. The fraction of sp³-hybridized carbons (Fsp3) is 0.412. The topological polar surface area (TPSA) is 90.2 Å². The van der Waals surface area contributed by atoms with Gasteiger partial charge in [0, 0.05) is 19.2 Å². The van der Waals surface area contributed by atoms with Crippen LogP contribution >= 0.6 is 0 Å². The number of aromatic amines is 2. The number of nitrogens with zero attached hydrogens (tertiary/aromatic N) is 1. The van der Waals surface area contributed by atoms with Crippen molar-refractivity contribution in [2.45, 2.75) is 12.8 Å². The number of likely N-dealkylation sites (tertiary alicyclic amines) is 1. The monoisotopic (exact) mass is 328 g/mol. The van der Waals surface area contributed by atoms with Crippen molar-refractivity contribution in [2.75, 3.05) is 25.5 Å². The van der Waals surface area contributed by atoms with Crippen LogP contribution in [0, 0.1) is 11.8 Å². The number of anilines is 1. The van der Waals surface area contributed by atoms with Crippen molar-refractivity contribution in [3.8, 4) is 5.75 Å². The van der Waals surface area contributed by atoms with E-state index in [-0.39, 0.29) is 11.7 Å². The zero-order chi connectivity index (χ0) is 16.7. The summed E-state index contributed by atoms with van der Waals surface area (Å²) in [6.45, 7) is 1.57. The highest BCUT2D eigenvalue weighted by Gasteiger charge is 2.35. The number of fused-ring (bicyclic) bond motifs is 2. The summed E-state index contributed by atoms with van der Waals surface area (Å²) in [7, 11) is 1.54. The highest BCUT2D eigenvalue weighted by molar-refractivity contribution is 5.94. The van der Waals surface area contributed by atoms with Crippen LogP contribution in [0.2, 0.25) is 0 Å². The van der Waals surface area contributed by atoms with E-state index < -0.39 is 0 Å². The standard InChI is InChI=1S/C17H20N4O3/c1-24-15-7-13-12(18-16(22)19-13)6-14(15)20-17(23)21-8-10-4-2-3-5-11(10)9-21/h2-3,6-7,10-11H,4-5,8-9H2,1H3,(H,20,23)(H2,18,19,22)/t10-,11+. The number of hydrogen-bond acceptors (Lipinski definition) is 3. The molecule has 1 fully saturated rings. The number of amides is 2. The smallest absolute Gasteiger partial charge is 0.323 e. The van der Waals surface area contributed by atoms with Crippen LogP contribution in [0.5, 0.6) is 5.75 Å². The number of ether oxygens (including phenoxy) is 1. The fourth-order valence-corrected chi connectivity index (χ4v) is 3.70. The highest BCUT2D eigenvalue weighted by Crippen LogP contribution is 2.34. The van der Waals surface area contributed by atoms with Crippen LogP contribution in [-0.4, -0.2) is 41.1 Å². The lowest BCUT2D eigenvalue weighted by Crippen LogP contribution is -2.33. The van der Waals surface area contributed by atoms with Gasteiger partial charge in [-0.15, -0.1) is 0 Å². The average molecular weight is 328 g/mol. The van der Waals surface area contributed by atoms with Crippen molar-refractivity contribution in [1.29, 1.82) is 0 Å². The first-order valence-corrected chi connectivity index (χ1v) is 8.15. The molecule has 0 bridgehead atoms. The second-order valence-electron chi connectivity index (χ2n) is 6.48. The molecule has 1 aliphatic carbocycles. The molecule has 7 heteroatoms. The Morgan fingerprint density at radius 2 is 1.79 bits per heavy atom. The highest BCUT2D eigenvalue weighted by atomic mass is 16.5. The first-order valence-electron chi connectivity index (χ1n) is 8.15. The van der Waals surface area contributed by atoms with Gasteiger partial charge in [0.2, 0.25) is 0 Å². The van der Waals surface area contributed by atoms with Gasteiger partial charge in [0.05, 0.1) is 23.8 Å². The Kier molecular flexibility index (Phi) is 3.55. The number of carbonyl (C=O) groups is 1. The van der Waals surface area contributed by atoms with Crippen molar-refractivity contribution in [3.63, 3.8) is 0 Å². The van der Waals surface area contributed by atoms with Crippen LogP contribution in [0.25, 0.3) is 11.0 Å². The Bertz CT molecular complexity index is 850. The molecule has 0 saturated carbocycles. The zero-order valence-corrected chi connectivity index (χ0v) is 13.5. The molecule has 1 aromatic heterocycles. The molecule has 2 aliphatic rings. The Morgan fingerprint density at radius 1 is 1.17 bits per heavy atom. The van der Waals surface area contributed by atoms with E-state index in [2.05, 4.69) is 27.4 Å². The third-order valence-electron chi connectivity index (χ3n) is 4.99. The Hall–Kier alpha value is -2.70. The third kappa shape index (κ3) is 2.55. The van der Waals surface area contributed by atoms with Gasteiger partial charge in [-0.25, -0.2) is 9.59 Å². The van der Waals surface area contributed by atoms with E-state index in [4.69, 9.17) is 4.74 Å². The maximum Gasteiger partial charge on any atom is 0.323 e. The predicted octanol–water partition coefficient (Wildman–Crippen LogP) is 2.29. The van der Waals surface area contributed by atoms with Gasteiger partial charge >= 0.3 is 11.7 Å². The zero-order valence-electron chi connectivity index (χ0n) is 13.5. The summed E-state index contributed by atoms with van der Waals surface area (Å²) in [6.07, 6.45) is 6.52. The fourth-order valence-electron chi connectivity index (χ4n) is 3.70. The number of urea groups is 1. The second kappa shape index (κ2) is 5.74. The molecule has 7 nitrogen and oxygen atoms in total. The molecule has 1 aromatic carbocycles. The van der Waals surface area contributed by atoms with E-state index in [1.807, 2.05) is 4.90 Å². The molecule has 1 saturated heterocycles. The summed E-state index contributed by atoms with van der Waals surface area (Å²) >= 11 is 0. The lowest BCUT2D eigenvalue weighted by Gasteiger charge is -2.18. The van der Waals surface area contributed by atoms with E-state index in [0.29, 0.717) is 34.3 Å². The molecule has 3 N–H and O–H groups in total. The van der Waals surface area contributed by atoms with Crippen molar-refractivity contribution < 1.29 is 9.53 Å². The van der Waals surface area contributed by atoms with Crippen LogP contribution in [0.3, 0.4) is 0 Å². The summed E-state index contributed by atoms with van der Waals surface area (Å²) in [5, 5.41) is 2.92. The molecule has 1 aliphatic heterocycles. The van der Waals surface area contributed by atoms with Crippen LogP contribution in [-0.2, 0) is 0 Å². The van der Waals surface area contributed by atoms with Gasteiger partial charge in [-0.1, -0.05) is 12.2 Å². The molecule has 0 radical (unpaired) electrons. The van der Waals surface area contributed by atoms with Gasteiger partial charge in [0.15, 0.2) is 0 Å². The normalized spacial score (nSPS) is 22.6. The van der Waals surface area contributed by atoms with E-state index in [0.717, 1.165) is 25.9 Å². The number of imidazole rings is 1. The largest absolute Gasteiger partial charge is 0.494 e. The molecule has 0 spiro atoms.